The summed E-state index contributed by atoms with van der Waals surface area (Å²) in [4.78, 5) is 27.0. The van der Waals surface area contributed by atoms with Crippen molar-refractivity contribution in [3.05, 3.63) is 41.3 Å². The molecule has 224 valence electrons. The zero-order chi connectivity index (χ0) is 30.0. The molecule has 1 saturated heterocycles. The highest BCUT2D eigenvalue weighted by molar-refractivity contribution is 8.14. The minimum absolute atomic E-state index is 0.0833. The Kier molecular flexibility index (Phi) is 7.21. The third kappa shape index (κ3) is 5.70. The molecule has 2 aromatic heterocycles. The van der Waals surface area contributed by atoms with Crippen molar-refractivity contribution in [2.24, 2.45) is 10.9 Å². The van der Waals surface area contributed by atoms with Gasteiger partial charge in [0.2, 0.25) is 0 Å². The number of aromatic nitrogens is 3. The van der Waals surface area contributed by atoms with Gasteiger partial charge in [-0.1, -0.05) is 6.07 Å². The first-order valence-corrected chi connectivity index (χ1v) is 16.8. The molecule has 9 nitrogen and oxygen atoms in total. The van der Waals surface area contributed by atoms with Crippen molar-refractivity contribution >= 4 is 55.0 Å². The Bertz CT molecular complexity index is 1730. The Balaban J connectivity index is 1.44. The van der Waals surface area contributed by atoms with Crippen LogP contribution < -0.4 is 5.32 Å². The monoisotopic (exact) mass is 617 g/mol. The molecule has 2 unspecified atom stereocenters. The second-order valence-electron chi connectivity index (χ2n) is 12.0. The summed E-state index contributed by atoms with van der Waals surface area (Å²) in [7, 11) is -3.68. The zero-order valence-corrected chi connectivity index (χ0v) is 25.5. The predicted molar refractivity (Wildman–Crippen MR) is 159 cm³/mol. The molecular formula is C29H33F2N5O4S2. The van der Waals surface area contributed by atoms with Gasteiger partial charge in [-0.15, -0.1) is 11.8 Å². The molecule has 1 N–H and O–H groups in total. The number of aryl methyl sites for hydroxylation is 1. The summed E-state index contributed by atoms with van der Waals surface area (Å²) in [5.74, 6) is -3.41. The van der Waals surface area contributed by atoms with Crippen LogP contribution in [0.2, 0.25) is 0 Å². The van der Waals surface area contributed by atoms with E-state index in [1.165, 1.54) is 0 Å². The number of aliphatic imine (C=N–C) groups is 1. The normalized spacial score (nSPS) is 23.1. The molecule has 1 aliphatic carbocycles. The van der Waals surface area contributed by atoms with Crippen molar-refractivity contribution in [1.82, 2.24) is 14.5 Å². The second kappa shape index (κ2) is 10.4. The van der Waals surface area contributed by atoms with Crippen LogP contribution in [-0.4, -0.2) is 63.9 Å². The van der Waals surface area contributed by atoms with E-state index in [1.807, 2.05) is 31.4 Å². The van der Waals surface area contributed by atoms with Gasteiger partial charge in [-0.2, -0.15) is 0 Å². The van der Waals surface area contributed by atoms with Gasteiger partial charge in [0, 0.05) is 37.0 Å². The number of thioether (sulfide) groups is 1. The largest absolute Gasteiger partial charge is 0.358 e. The number of alkyl halides is 2. The van der Waals surface area contributed by atoms with Gasteiger partial charge in [0.25, 0.3) is 5.92 Å². The van der Waals surface area contributed by atoms with Gasteiger partial charge in [-0.3, -0.25) is 14.4 Å². The van der Waals surface area contributed by atoms with Crippen molar-refractivity contribution in [2.75, 3.05) is 23.9 Å². The molecule has 0 radical (unpaired) electrons. The number of fused-ring (bicyclic) bond motifs is 1. The zero-order valence-electron chi connectivity index (χ0n) is 23.9. The molecule has 2 fully saturated rings. The summed E-state index contributed by atoms with van der Waals surface area (Å²) in [6.45, 7) is 6.48. The summed E-state index contributed by atoms with van der Waals surface area (Å²) in [6.07, 6.45) is 2.79. The first-order chi connectivity index (χ1) is 19.7. The molecule has 3 aromatic rings. The van der Waals surface area contributed by atoms with E-state index in [0.29, 0.717) is 46.2 Å². The number of Topliss-reactive ketones (excluding diaryl/α,β-unsaturated/α-hetero) is 1. The number of benzene rings is 1. The van der Waals surface area contributed by atoms with Crippen LogP contribution in [0.5, 0.6) is 0 Å². The summed E-state index contributed by atoms with van der Waals surface area (Å²) in [5.41, 5.74) is 2.44. The smallest absolute Gasteiger partial charge is 0.258 e. The van der Waals surface area contributed by atoms with Crippen LogP contribution in [0.1, 0.15) is 62.8 Å². The lowest BCUT2D eigenvalue weighted by Gasteiger charge is -2.25. The molecule has 4 heterocycles. The summed E-state index contributed by atoms with van der Waals surface area (Å²) in [5, 5.41) is 4.01. The van der Waals surface area contributed by atoms with Gasteiger partial charge in [0.15, 0.2) is 15.5 Å². The maximum atomic E-state index is 13.7. The number of carbonyl (C=O) groups excluding carboxylic acids is 1. The van der Waals surface area contributed by atoms with Crippen LogP contribution in [-0.2, 0) is 25.8 Å². The number of hydrogen-bond acceptors (Lipinski definition) is 9. The summed E-state index contributed by atoms with van der Waals surface area (Å²) in [6, 6.07) is 6.72. The molecule has 1 saturated carbocycles. The van der Waals surface area contributed by atoms with E-state index in [4.69, 9.17) is 19.7 Å². The van der Waals surface area contributed by atoms with Gasteiger partial charge in [0.1, 0.15) is 23.4 Å². The van der Waals surface area contributed by atoms with Gasteiger partial charge in [-0.25, -0.2) is 27.2 Å². The number of nitrogens with zero attached hydrogens (tertiary/aromatic N) is 4. The SMILES string of the molecule is Cc1nc2c(Nc3ccc(C4=NC(C)(C)CS4)cc3S(C)(=O)=O)cc(CC(=O)C3CC3(F)F)nc2n1C1CCCCO1. The van der Waals surface area contributed by atoms with E-state index >= 15 is 0 Å². The maximum Gasteiger partial charge on any atom is 0.258 e. The number of nitrogens with one attached hydrogen (secondary N) is 1. The molecule has 42 heavy (non-hydrogen) atoms. The molecule has 0 spiro atoms. The average Bonchev–Trinajstić information content (AvgIpc) is 3.21. The highest BCUT2D eigenvalue weighted by atomic mass is 32.2. The molecule has 1 aromatic carbocycles. The minimum Gasteiger partial charge on any atom is -0.358 e. The quantitative estimate of drug-likeness (QED) is 0.346. The van der Waals surface area contributed by atoms with E-state index in [-0.39, 0.29) is 23.1 Å². The van der Waals surface area contributed by atoms with Crippen molar-refractivity contribution in [2.45, 2.75) is 75.5 Å². The van der Waals surface area contributed by atoms with Crippen molar-refractivity contribution in [3.63, 3.8) is 0 Å². The Morgan fingerprint density at radius 2 is 1.95 bits per heavy atom. The van der Waals surface area contributed by atoms with Crippen LogP contribution >= 0.6 is 11.8 Å². The average molecular weight is 618 g/mol. The fourth-order valence-corrected chi connectivity index (χ4v) is 7.51. The van der Waals surface area contributed by atoms with Crippen LogP contribution in [0.4, 0.5) is 20.2 Å². The van der Waals surface area contributed by atoms with Gasteiger partial charge >= 0.3 is 0 Å². The van der Waals surface area contributed by atoms with Crippen LogP contribution in [0.25, 0.3) is 11.2 Å². The van der Waals surface area contributed by atoms with Crippen molar-refractivity contribution in [3.8, 4) is 0 Å². The highest BCUT2D eigenvalue weighted by Crippen LogP contribution is 2.49. The number of sulfone groups is 1. The van der Waals surface area contributed by atoms with E-state index < -0.39 is 33.9 Å². The standard InChI is InChI=1S/C29H33F2N5O4S2/c1-16-32-25-21(34-20-9-8-17(11-23(20)42(4,38)39)27-35-28(2,3)15-41-27)12-18(13-22(37)19-14-29(19,30)31)33-26(25)36(16)24-7-5-6-10-40-24/h8-9,11-12,19,24H,5-7,10,13-15H2,1-4H3,(H,33,34). The van der Waals surface area contributed by atoms with Crippen molar-refractivity contribution in [1.29, 1.82) is 0 Å². The Labute approximate surface area is 247 Å². The lowest BCUT2D eigenvalue weighted by Crippen LogP contribution is -2.20. The Hall–Kier alpha value is -2.90. The number of ether oxygens (including phenoxy) is 1. The topological polar surface area (TPSA) is 116 Å². The first-order valence-electron chi connectivity index (χ1n) is 14.0. The van der Waals surface area contributed by atoms with E-state index in [2.05, 4.69) is 5.32 Å². The fourth-order valence-electron chi connectivity index (χ4n) is 5.49. The predicted octanol–water partition coefficient (Wildman–Crippen LogP) is 5.62. The summed E-state index contributed by atoms with van der Waals surface area (Å²) < 4.78 is 61.2. The lowest BCUT2D eigenvalue weighted by molar-refractivity contribution is -0.121. The Morgan fingerprint density at radius 3 is 2.57 bits per heavy atom. The number of pyridine rings is 1. The van der Waals surface area contributed by atoms with E-state index in [0.717, 1.165) is 36.3 Å². The molecule has 0 amide bonds. The number of imidazole rings is 1. The van der Waals surface area contributed by atoms with E-state index in [9.17, 15) is 22.0 Å². The molecular weight excluding hydrogens is 584 g/mol. The highest BCUT2D eigenvalue weighted by Gasteiger charge is 2.60. The summed E-state index contributed by atoms with van der Waals surface area (Å²) >= 11 is 1.58. The molecule has 2 atom stereocenters. The van der Waals surface area contributed by atoms with E-state index in [1.54, 1.807) is 30.0 Å². The second-order valence-corrected chi connectivity index (χ2v) is 14.9. The number of hydrogen-bond donors (Lipinski definition) is 1. The molecule has 2 aliphatic heterocycles. The van der Waals surface area contributed by atoms with Gasteiger partial charge < -0.3 is 10.1 Å². The first kappa shape index (κ1) is 29.2. The molecule has 6 rings (SSSR count). The molecule has 0 bridgehead atoms. The lowest BCUT2D eigenvalue weighted by atomic mass is 10.1. The number of carbonyl (C=O) groups is 1. The third-order valence-electron chi connectivity index (χ3n) is 7.76. The molecule has 13 heteroatoms. The van der Waals surface area contributed by atoms with Gasteiger partial charge in [-0.05, 0) is 58.2 Å². The molecule has 3 aliphatic rings. The number of halogens is 2. The number of anilines is 2. The van der Waals surface area contributed by atoms with Gasteiger partial charge in [0.05, 0.1) is 38.5 Å². The Morgan fingerprint density at radius 1 is 1.19 bits per heavy atom. The minimum atomic E-state index is -3.68. The van der Waals surface area contributed by atoms with Crippen molar-refractivity contribution < 1.29 is 26.7 Å². The number of ketones is 1. The van der Waals surface area contributed by atoms with Crippen LogP contribution in [0.3, 0.4) is 0 Å². The fraction of sp³-hybridized carbons (Fsp3) is 0.517. The van der Waals surface area contributed by atoms with Crippen LogP contribution in [0, 0.1) is 12.8 Å². The maximum absolute atomic E-state index is 13.7. The number of rotatable bonds is 8. The van der Waals surface area contributed by atoms with Crippen LogP contribution in [0.15, 0.2) is 34.2 Å². The third-order valence-corrected chi connectivity index (χ3v) is 10.3.